The van der Waals surface area contributed by atoms with E-state index in [0.717, 1.165) is 0 Å². The van der Waals surface area contributed by atoms with E-state index in [9.17, 15) is 9.90 Å². The molecule has 3 nitrogen and oxygen atoms in total. The fourth-order valence-electron chi connectivity index (χ4n) is 0.573. The highest BCUT2D eigenvalue weighted by Crippen LogP contribution is 2.12. The summed E-state index contributed by atoms with van der Waals surface area (Å²) in [7, 11) is 0. The number of rotatable bonds is 3. The molecule has 0 aromatic carbocycles. The van der Waals surface area contributed by atoms with Gasteiger partial charge in [-0.3, -0.25) is 0 Å². The summed E-state index contributed by atoms with van der Waals surface area (Å²) >= 11 is 3.04. The first-order valence-corrected chi connectivity index (χ1v) is 5.06. The van der Waals surface area contributed by atoms with Crippen LogP contribution in [0, 0.1) is 0 Å². The highest BCUT2D eigenvalue weighted by molar-refractivity contribution is 9.09. The van der Waals surface area contributed by atoms with Gasteiger partial charge in [0.15, 0.2) is 0 Å². The molecule has 0 heterocycles. The molecule has 0 radical (unpaired) electrons. The van der Waals surface area contributed by atoms with E-state index in [1.54, 1.807) is 20.8 Å². The number of halogens is 1. The molecule has 0 saturated heterocycles. The summed E-state index contributed by atoms with van der Waals surface area (Å²) in [5.41, 5.74) is -0.474. The normalized spacial score (nSPS) is 13.6. The fourth-order valence-corrected chi connectivity index (χ4v) is 0.964. The molecule has 76 valence electrons. The Balaban J connectivity index is 4.21. The van der Waals surface area contributed by atoms with E-state index in [0.29, 0.717) is 0 Å². The molecule has 0 spiro atoms. The zero-order valence-corrected chi connectivity index (χ0v) is 9.72. The van der Waals surface area contributed by atoms with Crippen LogP contribution >= 0.6 is 15.9 Å². The Kier molecular flexibility index (Phi) is 4.64. The van der Waals surface area contributed by atoms with Crippen molar-refractivity contribution in [1.82, 2.24) is 0 Å². The highest BCUT2D eigenvalue weighted by Gasteiger charge is 2.22. The van der Waals surface area contributed by atoms with Crippen molar-refractivity contribution in [2.45, 2.75) is 32.5 Å². The number of carbonyl (C=O) groups is 1. The molecule has 0 aliphatic heterocycles. The molecular formula is C9H15BrO3. The van der Waals surface area contributed by atoms with Crippen molar-refractivity contribution < 1.29 is 14.6 Å². The molecular weight excluding hydrogens is 236 g/mol. The summed E-state index contributed by atoms with van der Waals surface area (Å²) in [6.07, 6.45) is -0.880. The molecule has 0 saturated carbocycles. The summed E-state index contributed by atoms with van der Waals surface area (Å²) in [4.78, 5) is 11.3. The average Bonchev–Trinajstić information content (AvgIpc) is 1.98. The maximum atomic E-state index is 11.3. The highest BCUT2D eigenvalue weighted by atomic mass is 79.9. The van der Waals surface area contributed by atoms with Crippen LogP contribution in [0.5, 0.6) is 0 Å². The topological polar surface area (TPSA) is 46.5 Å². The van der Waals surface area contributed by atoms with E-state index >= 15 is 0 Å². The predicted molar refractivity (Wildman–Crippen MR) is 54.8 cm³/mol. The molecule has 1 unspecified atom stereocenters. The van der Waals surface area contributed by atoms with E-state index < -0.39 is 17.7 Å². The first-order valence-electron chi connectivity index (χ1n) is 3.94. The molecule has 0 amide bonds. The van der Waals surface area contributed by atoms with Crippen LogP contribution in [0.1, 0.15) is 20.8 Å². The van der Waals surface area contributed by atoms with Crippen LogP contribution in [-0.2, 0) is 9.53 Å². The number of aliphatic hydroxyl groups excluding tert-OH is 1. The minimum Gasteiger partial charge on any atom is -0.457 e. The standard InChI is InChI=1S/C9H15BrO3/c1-6(7(11)5-10)8(12)13-9(2,3)4/h7,11H,1,5H2,2-4H3. The quantitative estimate of drug-likeness (QED) is 0.471. The number of hydrogen-bond acceptors (Lipinski definition) is 3. The summed E-state index contributed by atoms with van der Waals surface area (Å²) in [5, 5.41) is 9.53. The number of aliphatic hydroxyl groups is 1. The Labute approximate surface area is 86.9 Å². The Bertz CT molecular complexity index is 205. The third kappa shape index (κ3) is 5.05. The molecule has 0 rings (SSSR count). The first-order chi connectivity index (χ1) is 5.78. The smallest absolute Gasteiger partial charge is 0.336 e. The maximum Gasteiger partial charge on any atom is 0.336 e. The van der Waals surface area contributed by atoms with Gasteiger partial charge < -0.3 is 9.84 Å². The minimum absolute atomic E-state index is 0.0757. The van der Waals surface area contributed by atoms with Crippen molar-refractivity contribution in [3.8, 4) is 0 Å². The van der Waals surface area contributed by atoms with Crippen molar-refractivity contribution in [3.63, 3.8) is 0 Å². The molecule has 1 atom stereocenters. The molecule has 0 aliphatic carbocycles. The number of alkyl halides is 1. The van der Waals surface area contributed by atoms with Gasteiger partial charge in [0.2, 0.25) is 0 Å². The Morgan fingerprint density at radius 3 is 2.38 bits per heavy atom. The molecule has 13 heavy (non-hydrogen) atoms. The van der Waals surface area contributed by atoms with Gasteiger partial charge in [0.1, 0.15) is 5.60 Å². The first kappa shape index (κ1) is 12.7. The van der Waals surface area contributed by atoms with Gasteiger partial charge in [0.25, 0.3) is 0 Å². The second-order valence-corrected chi connectivity index (χ2v) is 4.34. The zero-order valence-electron chi connectivity index (χ0n) is 8.13. The predicted octanol–water partition coefficient (Wildman–Crippen LogP) is 1.64. The van der Waals surface area contributed by atoms with Crippen LogP contribution in [0.3, 0.4) is 0 Å². The van der Waals surface area contributed by atoms with Crippen molar-refractivity contribution in [1.29, 1.82) is 0 Å². The van der Waals surface area contributed by atoms with Crippen molar-refractivity contribution >= 4 is 21.9 Å². The number of esters is 1. The SMILES string of the molecule is C=C(C(=O)OC(C)(C)C)C(O)CBr. The Morgan fingerprint density at radius 2 is 2.08 bits per heavy atom. The van der Waals surface area contributed by atoms with Crippen LogP contribution in [0.4, 0.5) is 0 Å². The lowest BCUT2D eigenvalue weighted by atomic mass is 10.1. The zero-order chi connectivity index (χ0) is 10.6. The minimum atomic E-state index is -0.880. The van der Waals surface area contributed by atoms with Gasteiger partial charge >= 0.3 is 5.97 Å². The third-order valence-electron chi connectivity index (χ3n) is 1.21. The lowest BCUT2D eigenvalue weighted by molar-refractivity contribution is -0.150. The van der Waals surface area contributed by atoms with Gasteiger partial charge in [0.05, 0.1) is 11.7 Å². The maximum absolute atomic E-state index is 11.3. The third-order valence-corrected chi connectivity index (χ3v) is 1.82. The van der Waals surface area contributed by atoms with Crippen LogP contribution < -0.4 is 0 Å². The van der Waals surface area contributed by atoms with Gasteiger partial charge in [0, 0.05) is 5.33 Å². The fraction of sp³-hybridized carbons (Fsp3) is 0.667. The number of carbonyl (C=O) groups excluding carboxylic acids is 1. The second-order valence-electron chi connectivity index (χ2n) is 3.70. The lowest BCUT2D eigenvalue weighted by Crippen LogP contribution is -2.28. The molecule has 0 fully saturated rings. The molecule has 0 aliphatic rings. The second kappa shape index (κ2) is 4.77. The van der Waals surface area contributed by atoms with Gasteiger partial charge in [-0.05, 0) is 20.8 Å². The summed E-state index contributed by atoms with van der Waals surface area (Å²) in [6, 6.07) is 0. The van der Waals surface area contributed by atoms with E-state index in [1.807, 2.05) is 0 Å². The molecule has 0 bridgehead atoms. The van der Waals surface area contributed by atoms with E-state index in [4.69, 9.17) is 4.74 Å². The summed E-state index contributed by atoms with van der Waals surface area (Å²) in [5.74, 6) is -0.556. The van der Waals surface area contributed by atoms with Gasteiger partial charge in [-0.15, -0.1) is 0 Å². The number of hydrogen-bond donors (Lipinski definition) is 1. The molecule has 1 N–H and O–H groups in total. The monoisotopic (exact) mass is 250 g/mol. The largest absolute Gasteiger partial charge is 0.457 e. The van der Waals surface area contributed by atoms with Gasteiger partial charge in [-0.2, -0.15) is 0 Å². The molecule has 0 aromatic heterocycles. The Morgan fingerprint density at radius 1 is 1.62 bits per heavy atom. The van der Waals surface area contributed by atoms with Gasteiger partial charge in [-0.1, -0.05) is 22.5 Å². The van der Waals surface area contributed by atoms with Crippen LogP contribution in [0.25, 0.3) is 0 Å². The average molecular weight is 251 g/mol. The van der Waals surface area contributed by atoms with E-state index in [-0.39, 0.29) is 10.9 Å². The van der Waals surface area contributed by atoms with Crippen LogP contribution in [0.15, 0.2) is 12.2 Å². The lowest BCUT2D eigenvalue weighted by Gasteiger charge is -2.21. The van der Waals surface area contributed by atoms with Crippen LogP contribution in [0.2, 0.25) is 0 Å². The van der Waals surface area contributed by atoms with Crippen molar-refractivity contribution in [3.05, 3.63) is 12.2 Å². The molecule has 0 aromatic rings. The van der Waals surface area contributed by atoms with Crippen molar-refractivity contribution in [2.24, 2.45) is 0 Å². The Hall–Kier alpha value is -0.350. The van der Waals surface area contributed by atoms with E-state index in [1.165, 1.54) is 0 Å². The van der Waals surface area contributed by atoms with Gasteiger partial charge in [-0.25, -0.2) is 4.79 Å². The van der Waals surface area contributed by atoms with Crippen LogP contribution in [-0.4, -0.2) is 28.1 Å². The van der Waals surface area contributed by atoms with Crippen molar-refractivity contribution in [2.75, 3.05) is 5.33 Å². The summed E-state index contributed by atoms with van der Waals surface area (Å²) in [6.45, 7) is 8.74. The number of ether oxygens (including phenoxy) is 1. The molecule has 4 heteroatoms. The summed E-state index contributed by atoms with van der Waals surface area (Å²) < 4.78 is 5.00. The van der Waals surface area contributed by atoms with E-state index in [2.05, 4.69) is 22.5 Å².